The summed E-state index contributed by atoms with van der Waals surface area (Å²) in [6.07, 6.45) is 0. The van der Waals surface area contributed by atoms with Crippen molar-refractivity contribution < 1.29 is 33.0 Å². The van der Waals surface area contributed by atoms with Crippen LogP contribution in [0.25, 0.3) is 0 Å². The molecule has 0 aromatic heterocycles. The molecule has 2 aromatic carbocycles. The first-order chi connectivity index (χ1) is 15.1. The molecule has 7 nitrogen and oxygen atoms in total. The first-order valence-corrected chi connectivity index (χ1v) is 9.45. The fraction of sp³-hybridized carbons (Fsp3) is 0.261. The average molecular weight is 444 g/mol. The van der Waals surface area contributed by atoms with Gasteiger partial charge in [-0.15, -0.1) is 0 Å². The summed E-state index contributed by atoms with van der Waals surface area (Å²) in [5.74, 6) is 3.65. The molecule has 2 aromatic rings. The van der Waals surface area contributed by atoms with E-state index < -0.39 is 36.4 Å². The Kier molecular flexibility index (Phi) is 8.04. The Labute approximate surface area is 184 Å². The van der Waals surface area contributed by atoms with Gasteiger partial charge >= 0.3 is 6.61 Å². The molecule has 2 amide bonds. The minimum absolute atomic E-state index is 0.0287. The van der Waals surface area contributed by atoms with E-state index in [0.717, 1.165) is 4.90 Å². The lowest BCUT2D eigenvalue weighted by molar-refractivity contribution is -0.143. The Hall–Kier alpha value is -3.77. The highest BCUT2D eigenvalue weighted by molar-refractivity contribution is 6.14. The molecular weight excluding hydrogens is 422 g/mol. The van der Waals surface area contributed by atoms with Crippen LogP contribution in [0.3, 0.4) is 0 Å². The summed E-state index contributed by atoms with van der Waals surface area (Å²) >= 11 is 0. The van der Waals surface area contributed by atoms with Gasteiger partial charge in [-0.05, 0) is 55.5 Å². The van der Waals surface area contributed by atoms with Crippen molar-refractivity contribution >= 4 is 17.6 Å². The number of aliphatic hydroxyl groups is 1. The molecule has 0 saturated carbocycles. The van der Waals surface area contributed by atoms with Gasteiger partial charge in [0.25, 0.3) is 11.8 Å². The van der Waals surface area contributed by atoms with Crippen molar-refractivity contribution in [1.29, 1.82) is 0 Å². The lowest BCUT2D eigenvalue weighted by atomic mass is 9.92. The van der Waals surface area contributed by atoms with Crippen LogP contribution in [-0.4, -0.2) is 60.5 Å². The van der Waals surface area contributed by atoms with Crippen LogP contribution in [0.15, 0.2) is 48.5 Å². The van der Waals surface area contributed by atoms with Gasteiger partial charge in [0.2, 0.25) is 0 Å². The quantitative estimate of drug-likeness (QED) is 0.502. The number of ketones is 1. The number of carbonyl (C=O) groups excluding carboxylic acids is 3. The summed E-state index contributed by atoms with van der Waals surface area (Å²) < 4.78 is 28.6. The van der Waals surface area contributed by atoms with Crippen LogP contribution in [-0.2, 0) is 9.59 Å². The first-order valence-electron chi connectivity index (χ1n) is 9.45. The van der Waals surface area contributed by atoms with E-state index >= 15 is 0 Å². The van der Waals surface area contributed by atoms with Crippen molar-refractivity contribution in [2.75, 3.05) is 20.7 Å². The van der Waals surface area contributed by atoms with Crippen LogP contribution >= 0.6 is 0 Å². The predicted molar refractivity (Wildman–Crippen MR) is 112 cm³/mol. The largest absolute Gasteiger partial charge is 0.435 e. The van der Waals surface area contributed by atoms with Gasteiger partial charge < -0.3 is 20.1 Å². The van der Waals surface area contributed by atoms with E-state index in [1.807, 2.05) is 0 Å². The number of halogens is 2. The highest BCUT2D eigenvalue weighted by Crippen LogP contribution is 2.19. The Bertz CT molecular complexity index is 1020. The second-order valence-corrected chi connectivity index (χ2v) is 6.83. The molecule has 0 unspecified atom stereocenters. The third-order valence-corrected chi connectivity index (χ3v) is 4.89. The Morgan fingerprint density at radius 2 is 1.56 bits per heavy atom. The molecule has 0 radical (unpaired) electrons. The maximum atomic E-state index is 12.8. The van der Waals surface area contributed by atoms with Gasteiger partial charge in [-0.25, -0.2) is 0 Å². The number of benzene rings is 2. The van der Waals surface area contributed by atoms with E-state index in [-0.39, 0.29) is 11.3 Å². The normalized spacial score (nSPS) is 12.2. The van der Waals surface area contributed by atoms with Crippen molar-refractivity contribution in [2.24, 2.45) is 0 Å². The van der Waals surface area contributed by atoms with Gasteiger partial charge in [-0.2, -0.15) is 8.78 Å². The number of aliphatic hydroxyl groups excluding tert-OH is 1. The van der Waals surface area contributed by atoms with Gasteiger partial charge in [0.05, 0.1) is 0 Å². The number of amides is 2. The SMILES string of the molecule is CNC(=O)[C@@](C)(C(=O)CO)N(C)C(=O)c1ccc(C#Cc2ccc(OC(F)F)cc2)cc1. The van der Waals surface area contributed by atoms with Gasteiger partial charge in [-0.3, -0.25) is 14.4 Å². The molecule has 0 bridgehead atoms. The zero-order chi connectivity index (χ0) is 23.9. The summed E-state index contributed by atoms with van der Waals surface area (Å²) in [4.78, 5) is 38.3. The van der Waals surface area contributed by atoms with Crippen molar-refractivity contribution in [2.45, 2.75) is 19.1 Å². The fourth-order valence-corrected chi connectivity index (χ4v) is 2.82. The molecule has 2 rings (SSSR count). The van der Waals surface area contributed by atoms with Crippen LogP contribution in [0, 0.1) is 11.8 Å². The minimum atomic E-state index is -2.90. The molecule has 0 heterocycles. The van der Waals surface area contributed by atoms with Gasteiger partial charge in [0.15, 0.2) is 11.3 Å². The Morgan fingerprint density at radius 3 is 2.00 bits per heavy atom. The number of Topliss-reactive ketones (excluding diaryl/α,β-unsaturated/α-hetero) is 1. The maximum absolute atomic E-state index is 12.8. The molecule has 9 heteroatoms. The standard InChI is InChI=1S/C23H22F2N2O5/c1-23(19(29)14-28,21(31)26-2)27(3)20(30)17-10-6-15(7-11-17)4-5-16-8-12-18(13-9-16)32-22(24)25/h6-13,22,28H,14H2,1-3H3,(H,26,31)/t23-/m1/s1. The lowest BCUT2D eigenvalue weighted by Gasteiger charge is -2.35. The highest BCUT2D eigenvalue weighted by Gasteiger charge is 2.46. The summed E-state index contributed by atoms with van der Waals surface area (Å²) in [6.45, 7) is -2.53. The molecule has 32 heavy (non-hydrogen) atoms. The molecule has 1 atom stereocenters. The predicted octanol–water partition coefficient (Wildman–Crippen LogP) is 1.83. The third kappa shape index (κ3) is 5.47. The number of nitrogens with zero attached hydrogens (tertiary/aromatic N) is 1. The summed E-state index contributed by atoms with van der Waals surface area (Å²) in [5.41, 5.74) is -0.500. The van der Waals surface area contributed by atoms with Crippen molar-refractivity contribution in [1.82, 2.24) is 10.2 Å². The van der Waals surface area contributed by atoms with Gasteiger partial charge in [-0.1, -0.05) is 11.8 Å². The Balaban J connectivity index is 2.18. The number of hydrogen-bond donors (Lipinski definition) is 2. The Morgan fingerprint density at radius 1 is 1.06 bits per heavy atom. The molecular formula is C23H22F2N2O5. The topological polar surface area (TPSA) is 95.9 Å². The monoisotopic (exact) mass is 444 g/mol. The summed E-state index contributed by atoms with van der Waals surface area (Å²) in [6, 6.07) is 12.0. The van der Waals surface area contributed by atoms with Crippen molar-refractivity contribution in [3.8, 4) is 17.6 Å². The van der Waals surface area contributed by atoms with E-state index in [4.69, 9.17) is 0 Å². The fourth-order valence-electron chi connectivity index (χ4n) is 2.82. The van der Waals surface area contributed by atoms with Gasteiger partial charge in [0, 0.05) is 30.8 Å². The molecule has 2 N–H and O–H groups in total. The first kappa shape index (κ1) is 24.5. The second-order valence-electron chi connectivity index (χ2n) is 6.83. The average Bonchev–Trinajstić information content (AvgIpc) is 2.80. The third-order valence-electron chi connectivity index (χ3n) is 4.89. The van der Waals surface area contributed by atoms with Gasteiger partial charge in [0.1, 0.15) is 12.4 Å². The summed E-state index contributed by atoms with van der Waals surface area (Å²) in [5, 5.41) is 11.6. The van der Waals surface area contributed by atoms with Crippen LogP contribution in [0.1, 0.15) is 28.4 Å². The lowest BCUT2D eigenvalue weighted by Crippen LogP contribution is -2.62. The van der Waals surface area contributed by atoms with E-state index in [9.17, 15) is 28.3 Å². The van der Waals surface area contributed by atoms with Crippen LogP contribution < -0.4 is 10.1 Å². The van der Waals surface area contributed by atoms with Crippen LogP contribution in [0.2, 0.25) is 0 Å². The number of alkyl halides is 2. The van der Waals surface area contributed by atoms with Crippen LogP contribution in [0.4, 0.5) is 8.78 Å². The number of hydrogen-bond acceptors (Lipinski definition) is 5. The number of nitrogens with one attached hydrogen (secondary N) is 1. The summed E-state index contributed by atoms with van der Waals surface area (Å²) in [7, 11) is 2.64. The number of rotatable bonds is 7. The zero-order valence-corrected chi connectivity index (χ0v) is 17.7. The van der Waals surface area contributed by atoms with E-state index in [1.54, 1.807) is 12.1 Å². The molecule has 0 saturated heterocycles. The molecule has 0 aliphatic carbocycles. The second kappa shape index (κ2) is 10.5. The zero-order valence-electron chi connectivity index (χ0n) is 17.7. The molecule has 0 fully saturated rings. The minimum Gasteiger partial charge on any atom is -0.435 e. The van der Waals surface area contributed by atoms with E-state index in [2.05, 4.69) is 21.9 Å². The van der Waals surface area contributed by atoms with E-state index in [1.165, 1.54) is 57.4 Å². The highest BCUT2D eigenvalue weighted by atomic mass is 19.3. The molecule has 0 aliphatic rings. The molecule has 168 valence electrons. The smallest absolute Gasteiger partial charge is 0.387 e. The van der Waals surface area contributed by atoms with Crippen molar-refractivity contribution in [3.05, 3.63) is 65.2 Å². The number of likely N-dealkylation sites (N-methyl/N-ethyl adjacent to an activating group) is 2. The number of carbonyl (C=O) groups is 3. The van der Waals surface area contributed by atoms with Crippen molar-refractivity contribution in [3.63, 3.8) is 0 Å². The maximum Gasteiger partial charge on any atom is 0.387 e. The molecule has 0 aliphatic heterocycles. The number of ether oxygens (including phenoxy) is 1. The van der Waals surface area contributed by atoms with Crippen LogP contribution in [0.5, 0.6) is 5.75 Å². The molecule has 0 spiro atoms. The van der Waals surface area contributed by atoms with E-state index in [0.29, 0.717) is 11.1 Å².